The minimum absolute atomic E-state index is 0.0642. The highest BCUT2D eigenvalue weighted by molar-refractivity contribution is 7.88. The highest BCUT2D eigenvalue weighted by Gasteiger charge is 2.32. The fourth-order valence-electron chi connectivity index (χ4n) is 3.14. The van der Waals surface area contributed by atoms with Gasteiger partial charge in [0, 0.05) is 24.6 Å². The van der Waals surface area contributed by atoms with Crippen molar-refractivity contribution in [2.75, 3.05) is 13.1 Å². The third kappa shape index (κ3) is 4.32. The number of piperidine rings is 1. The second-order valence-electron chi connectivity index (χ2n) is 6.31. The topological polar surface area (TPSA) is 54.5 Å². The molecule has 3 rings (SSSR count). The maximum Gasteiger partial charge on any atom is 0.218 e. The Hall–Kier alpha value is -2.05. The molecule has 0 bridgehead atoms. The summed E-state index contributed by atoms with van der Waals surface area (Å²) in [6, 6.07) is 14.4. The molecule has 1 fully saturated rings. The smallest absolute Gasteiger partial charge is 0.218 e. The number of halogens is 1. The van der Waals surface area contributed by atoms with Crippen molar-refractivity contribution < 1.29 is 17.6 Å². The molecule has 2 aromatic rings. The minimum atomic E-state index is -3.47. The van der Waals surface area contributed by atoms with Crippen LogP contribution in [0.2, 0.25) is 0 Å². The predicted molar refractivity (Wildman–Crippen MR) is 94.1 cm³/mol. The first-order valence-electron chi connectivity index (χ1n) is 8.27. The molecule has 1 aliphatic rings. The van der Waals surface area contributed by atoms with E-state index in [1.54, 1.807) is 12.1 Å². The van der Waals surface area contributed by atoms with Crippen molar-refractivity contribution in [1.29, 1.82) is 0 Å². The van der Waals surface area contributed by atoms with Crippen molar-refractivity contribution in [2.45, 2.75) is 18.6 Å². The number of hydrogen-bond donors (Lipinski definition) is 0. The first-order valence-corrected chi connectivity index (χ1v) is 9.88. The van der Waals surface area contributed by atoms with Gasteiger partial charge in [0.05, 0.1) is 5.75 Å². The highest BCUT2D eigenvalue weighted by Crippen LogP contribution is 2.24. The van der Waals surface area contributed by atoms with Crippen molar-refractivity contribution >= 4 is 15.8 Å². The normalized spacial score (nSPS) is 18.8. The van der Waals surface area contributed by atoms with E-state index in [0.717, 1.165) is 5.56 Å². The van der Waals surface area contributed by atoms with Crippen molar-refractivity contribution in [2.24, 2.45) is 5.92 Å². The maximum atomic E-state index is 13.0. The SMILES string of the molecule is O=C(c1ccc(F)cc1)C1CCCN(S(=O)(=O)Cc2ccccc2)C1. The molecule has 1 unspecified atom stereocenters. The summed E-state index contributed by atoms with van der Waals surface area (Å²) >= 11 is 0. The molecule has 0 spiro atoms. The van der Waals surface area contributed by atoms with Crippen LogP contribution in [0.5, 0.6) is 0 Å². The van der Waals surface area contributed by atoms with E-state index in [4.69, 9.17) is 0 Å². The summed E-state index contributed by atoms with van der Waals surface area (Å²) in [5.74, 6) is -0.970. The first kappa shape index (κ1) is 17.8. The van der Waals surface area contributed by atoms with Gasteiger partial charge in [0.25, 0.3) is 0 Å². The van der Waals surface area contributed by atoms with E-state index in [1.165, 1.54) is 28.6 Å². The van der Waals surface area contributed by atoms with E-state index in [9.17, 15) is 17.6 Å². The van der Waals surface area contributed by atoms with Crippen LogP contribution < -0.4 is 0 Å². The molecule has 1 saturated heterocycles. The van der Waals surface area contributed by atoms with Gasteiger partial charge in [-0.25, -0.2) is 17.1 Å². The Morgan fingerprint density at radius 3 is 2.44 bits per heavy atom. The van der Waals surface area contributed by atoms with Crippen LogP contribution in [0, 0.1) is 11.7 Å². The van der Waals surface area contributed by atoms with Gasteiger partial charge in [-0.3, -0.25) is 4.79 Å². The Labute approximate surface area is 147 Å². The number of nitrogens with zero attached hydrogens (tertiary/aromatic N) is 1. The average molecular weight is 361 g/mol. The summed E-state index contributed by atoms with van der Waals surface area (Å²) < 4.78 is 39.8. The van der Waals surface area contributed by atoms with Crippen LogP contribution in [0.3, 0.4) is 0 Å². The lowest BCUT2D eigenvalue weighted by Crippen LogP contribution is -2.42. The number of hydrogen-bond acceptors (Lipinski definition) is 3. The van der Waals surface area contributed by atoms with E-state index in [1.807, 2.05) is 18.2 Å². The average Bonchev–Trinajstić information content (AvgIpc) is 2.62. The van der Waals surface area contributed by atoms with Crippen molar-refractivity contribution in [1.82, 2.24) is 4.31 Å². The number of ketones is 1. The molecule has 0 aliphatic carbocycles. The van der Waals surface area contributed by atoms with Gasteiger partial charge in [-0.1, -0.05) is 30.3 Å². The van der Waals surface area contributed by atoms with Crippen molar-refractivity contribution in [3.05, 3.63) is 71.5 Å². The van der Waals surface area contributed by atoms with Gasteiger partial charge in [0.15, 0.2) is 5.78 Å². The number of carbonyl (C=O) groups is 1. The molecule has 6 heteroatoms. The van der Waals surface area contributed by atoms with Crippen LogP contribution in [-0.4, -0.2) is 31.6 Å². The molecule has 0 saturated carbocycles. The molecular weight excluding hydrogens is 341 g/mol. The Bertz CT molecular complexity index is 835. The third-order valence-electron chi connectivity index (χ3n) is 4.47. The minimum Gasteiger partial charge on any atom is -0.294 e. The fourth-order valence-corrected chi connectivity index (χ4v) is 4.75. The van der Waals surface area contributed by atoms with Crippen LogP contribution >= 0.6 is 0 Å². The van der Waals surface area contributed by atoms with Gasteiger partial charge in [0.2, 0.25) is 10.0 Å². The molecule has 25 heavy (non-hydrogen) atoms. The van der Waals surface area contributed by atoms with E-state index in [-0.39, 0.29) is 24.0 Å². The zero-order valence-electron chi connectivity index (χ0n) is 13.8. The number of carbonyl (C=O) groups excluding carboxylic acids is 1. The Balaban J connectivity index is 1.72. The van der Waals surface area contributed by atoms with E-state index in [2.05, 4.69) is 0 Å². The van der Waals surface area contributed by atoms with E-state index < -0.39 is 15.8 Å². The van der Waals surface area contributed by atoms with Crippen LogP contribution in [0.4, 0.5) is 4.39 Å². The second-order valence-corrected chi connectivity index (χ2v) is 8.28. The molecule has 132 valence electrons. The standard InChI is InChI=1S/C19H20FNO3S/c20-18-10-8-16(9-11-18)19(22)17-7-4-12-21(13-17)25(23,24)14-15-5-2-1-3-6-15/h1-3,5-6,8-11,17H,4,7,12-14H2. The largest absolute Gasteiger partial charge is 0.294 e. The van der Waals surface area contributed by atoms with Gasteiger partial charge in [-0.2, -0.15) is 0 Å². The fraction of sp³-hybridized carbons (Fsp3) is 0.316. The van der Waals surface area contributed by atoms with Gasteiger partial charge in [0.1, 0.15) is 5.82 Å². The molecule has 0 N–H and O–H groups in total. The monoisotopic (exact) mass is 361 g/mol. The Morgan fingerprint density at radius 2 is 1.76 bits per heavy atom. The summed E-state index contributed by atoms with van der Waals surface area (Å²) in [6.07, 6.45) is 1.29. The zero-order chi connectivity index (χ0) is 17.9. The predicted octanol–water partition coefficient (Wildman–Crippen LogP) is 3.25. The summed E-state index contributed by atoms with van der Waals surface area (Å²) in [4.78, 5) is 12.6. The molecule has 1 atom stereocenters. The molecule has 1 heterocycles. The van der Waals surface area contributed by atoms with Gasteiger partial charge >= 0.3 is 0 Å². The molecular formula is C19H20FNO3S. The molecule has 0 amide bonds. The van der Waals surface area contributed by atoms with E-state index in [0.29, 0.717) is 24.9 Å². The van der Waals surface area contributed by atoms with Crippen LogP contribution in [-0.2, 0) is 15.8 Å². The van der Waals surface area contributed by atoms with Gasteiger partial charge < -0.3 is 0 Å². The third-order valence-corrected chi connectivity index (χ3v) is 6.29. The van der Waals surface area contributed by atoms with Crippen LogP contribution in [0.25, 0.3) is 0 Å². The lowest BCUT2D eigenvalue weighted by Gasteiger charge is -2.31. The Kier molecular flexibility index (Phi) is 5.30. The van der Waals surface area contributed by atoms with Crippen molar-refractivity contribution in [3.63, 3.8) is 0 Å². The number of sulfonamides is 1. The van der Waals surface area contributed by atoms with Gasteiger partial charge in [-0.15, -0.1) is 0 Å². The maximum absolute atomic E-state index is 13.0. The van der Waals surface area contributed by atoms with E-state index >= 15 is 0 Å². The summed E-state index contributed by atoms with van der Waals surface area (Å²) in [5, 5.41) is 0. The number of rotatable bonds is 5. The molecule has 1 aliphatic heterocycles. The summed E-state index contributed by atoms with van der Waals surface area (Å²) in [7, 11) is -3.47. The lowest BCUT2D eigenvalue weighted by molar-refractivity contribution is 0.0872. The lowest BCUT2D eigenvalue weighted by atomic mass is 9.91. The molecule has 4 nitrogen and oxygen atoms in total. The summed E-state index contributed by atoms with van der Waals surface area (Å²) in [5.41, 5.74) is 1.16. The Morgan fingerprint density at radius 1 is 1.08 bits per heavy atom. The molecule has 0 aromatic heterocycles. The van der Waals surface area contributed by atoms with Crippen LogP contribution in [0.15, 0.2) is 54.6 Å². The molecule has 2 aromatic carbocycles. The first-order chi connectivity index (χ1) is 12.0. The number of Topliss-reactive ketones (excluding diaryl/α,β-unsaturated/α-hetero) is 1. The van der Waals surface area contributed by atoms with Gasteiger partial charge in [-0.05, 0) is 42.7 Å². The van der Waals surface area contributed by atoms with Crippen LogP contribution in [0.1, 0.15) is 28.8 Å². The number of benzene rings is 2. The van der Waals surface area contributed by atoms with Crippen molar-refractivity contribution in [3.8, 4) is 0 Å². The highest BCUT2D eigenvalue weighted by atomic mass is 32.2. The zero-order valence-corrected chi connectivity index (χ0v) is 14.6. The summed E-state index contributed by atoms with van der Waals surface area (Å²) in [6.45, 7) is 0.619. The molecule has 0 radical (unpaired) electrons. The second kappa shape index (κ2) is 7.45. The quantitative estimate of drug-likeness (QED) is 0.768.